The maximum absolute atomic E-state index is 11.2. The fraction of sp³-hybridized carbons (Fsp3) is 0.250. The Balaban J connectivity index is 2.49. The molecule has 1 atom stereocenters. The van der Waals surface area contributed by atoms with E-state index in [9.17, 15) is 9.90 Å². The molecular weight excluding hydrogens is 286 g/mol. The Hall–Kier alpha value is -2.55. The van der Waals surface area contributed by atoms with Crippen molar-refractivity contribution < 1.29 is 9.90 Å². The fourth-order valence-corrected chi connectivity index (χ4v) is 2.55. The third kappa shape index (κ3) is 4.22. The molecule has 0 amide bonds. The maximum Gasteiger partial charge on any atom is 0.330 e. The lowest BCUT2D eigenvalue weighted by molar-refractivity contribution is -0.132. The van der Waals surface area contributed by atoms with E-state index < -0.39 is 5.97 Å². The third-order valence-corrected chi connectivity index (χ3v) is 3.92. The number of carboxylic acid groups (broad SMARTS) is 1. The lowest BCUT2D eigenvalue weighted by Crippen LogP contribution is -2.09. The number of allylic oxidation sites excluding steroid dienone is 1. The predicted octanol–water partition coefficient (Wildman–Crippen LogP) is 4.22. The van der Waals surface area contributed by atoms with Gasteiger partial charge in [0, 0.05) is 31.3 Å². The highest BCUT2D eigenvalue weighted by molar-refractivity contribution is 5.86. The number of nitrogens with zero attached hydrogens (tertiary/aromatic N) is 1. The summed E-state index contributed by atoms with van der Waals surface area (Å²) in [6.45, 7) is 3.68. The third-order valence-electron chi connectivity index (χ3n) is 3.92. The number of hydrogen-bond acceptors (Lipinski definition) is 2. The Kier molecular flexibility index (Phi) is 5.22. The highest BCUT2D eigenvalue weighted by Crippen LogP contribution is 2.29. The normalized spacial score (nSPS) is 12.8. The van der Waals surface area contributed by atoms with Crippen LogP contribution in [0.15, 0.2) is 60.2 Å². The van der Waals surface area contributed by atoms with Crippen LogP contribution in [-0.2, 0) is 4.79 Å². The van der Waals surface area contributed by atoms with Crippen molar-refractivity contribution in [1.82, 2.24) is 0 Å². The molecule has 0 heterocycles. The van der Waals surface area contributed by atoms with Crippen LogP contribution in [0, 0.1) is 6.92 Å². The summed E-state index contributed by atoms with van der Waals surface area (Å²) in [4.78, 5) is 13.3. The number of carbonyl (C=O) groups is 1. The van der Waals surface area contributed by atoms with Crippen molar-refractivity contribution in [2.24, 2.45) is 0 Å². The van der Waals surface area contributed by atoms with E-state index in [1.807, 2.05) is 50.2 Å². The molecule has 0 bridgehead atoms. The Morgan fingerprint density at radius 3 is 2.26 bits per heavy atom. The average Bonchev–Trinajstić information content (AvgIpc) is 2.52. The summed E-state index contributed by atoms with van der Waals surface area (Å²) >= 11 is 0. The van der Waals surface area contributed by atoms with Crippen molar-refractivity contribution in [3.05, 3.63) is 76.9 Å². The quantitative estimate of drug-likeness (QED) is 0.841. The molecule has 120 valence electrons. The minimum Gasteiger partial charge on any atom is -0.478 e. The van der Waals surface area contributed by atoms with Crippen molar-refractivity contribution in [2.45, 2.75) is 19.8 Å². The number of anilines is 1. The molecule has 0 aliphatic carbocycles. The largest absolute Gasteiger partial charge is 0.478 e. The molecule has 0 radical (unpaired) electrons. The van der Waals surface area contributed by atoms with Gasteiger partial charge in [-0.1, -0.05) is 48.0 Å². The van der Waals surface area contributed by atoms with Crippen LogP contribution in [0.4, 0.5) is 5.69 Å². The number of benzene rings is 2. The first-order valence-electron chi connectivity index (χ1n) is 7.64. The van der Waals surface area contributed by atoms with Crippen LogP contribution < -0.4 is 4.90 Å². The van der Waals surface area contributed by atoms with Gasteiger partial charge < -0.3 is 10.0 Å². The summed E-state index contributed by atoms with van der Waals surface area (Å²) in [6, 6.07) is 16.4. The molecule has 2 aromatic carbocycles. The van der Waals surface area contributed by atoms with Gasteiger partial charge in [-0.15, -0.1) is 0 Å². The van der Waals surface area contributed by atoms with Crippen molar-refractivity contribution in [3.63, 3.8) is 0 Å². The molecule has 3 heteroatoms. The summed E-state index contributed by atoms with van der Waals surface area (Å²) < 4.78 is 0. The summed E-state index contributed by atoms with van der Waals surface area (Å²) in [5, 5.41) is 9.22. The molecule has 0 aliphatic heterocycles. The van der Waals surface area contributed by atoms with Crippen LogP contribution in [0.3, 0.4) is 0 Å². The highest BCUT2D eigenvalue weighted by atomic mass is 16.4. The van der Waals surface area contributed by atoms with Gasteiger partial charge in [-0.05, 0) is 37.1 Å². The second-order valence-electron chi connectivity index (χ2n) is 6.03. The smallest absolute Gasteiger partial charge is 0.330 e. The molecule has 0 saturated carbocycles. The summed E-state index contributed by atoms with van der Waals surface area (Å²) in [6.07, 6.45) is 1.82. The van der Waals surface area contributed by atoms with Crippen LogP contribution in [-0.4, -0.2) is 25.2 Å². The van der Waals surface area contributed by atoms with Crippen molar-refractivity contribution >= 4 is 11.7 Å². The first-order valence-corrected chi connectivity index (χ1v) is 7.64. The Morgan fingerprint density at radius 1 is 1.09 bits per heavy atom. The zero-order valence-corrected chi connectivity index (χ0v) is 14.1. The highest BCUT2D eigenvalue weighted by Gasteiger charge is 2.14. The summed E-state index contributed by atoms with van der Waals surface area (Å²) in [5.74, 6) is -0.949. The van der Waals surface area contributed by atoms with Gasteiger partial charge in [0.15, 0.2) is 0 Å². The van der Waals surface area contributed by atoms with Gasteiger partial charge in [0.25, 0.3) is 0 Å². The van der Waals surface area contributed by atoms with E-state index in [1.165, 1.54) is 5.56 Å². The Bertz CT molecular complexity index is 715. The second-order valence-corrected chi connectivity index (χ2v) is 6.03. The van der Waals surface area contributed by atoms with Crippen molar-refractivity contribution in [1.29, 1.82) is 0 Å². The standard InChI is InChI=1S/C20H23NO2/c1-14-6-5-7-17(12-14)19(13-15(2)20(22)23)16-8-10-18(11-9-16)21(3)4/h5-13,19H,1-4H3,(H,22,23)/b15-13+. The van der Waals surface area contributed by atoms with Gasteiger partial charge in [0.05, 0.1) is 0 Å². The molecule has 23 heavy (non-hydrogen) atoms. The van der Waals surface area contributed by atoms with Gasteiger partial charge in [-0.2, -0.15) is 0 Å². The van der Waals surface area contributed by atoms with Crippen LogP contribution in [0.25, 0.3) is 0 Å². The van der Waals surface area contributed by atoms with E-state index >= 15 is 0 Å². The molecule has 0 spiro atoms. The zero-order valence-electron chi connectivity index (χ0n) is 14.1. The summed E-state index contributed by atoms with van der Waals surface area (Å²) in [7, 11) is 4.00. The van der Waals surface area contributed by atoms with E-state index in [0.717, 1.165) is 16.8 Å². The van der Waals surface area contributed by atoms with Crippen molar-refractivity contribution in [2.75, 3.05) is 19.0 Å². The molecule has 0 aromatic heterocycles. The van der Waals surface area contributed by atoms with E-state index in [4.69, 9.17) is 0 Å². The Morgan fingerprint density at radius 2 is 1.74 bits per heavy atom. The first-order chi connectivity index (χ1) is 10.9. The fourth-order valence-electron chi connectivity index (χ4n) is 2.55. The molecule has 2 aromatic rings. The predicted molar refractivity (Wildman–Crippen MR) is 95.2 cm³/mol. The minimum absolute atomic E-state index is 0.0674. The molecule has 1 N–H and O–H groups in total. The average molecular weight is 309 g/mol. The monoisotopic (exact) mass is 309 g/mol. The minimum atomic E-state index is -0.882. The lowest BCUT2D eigenvalue weighted by Gasteiger charge is -2.18. The van der Waals surface area contributed by atoms with Gasteiger partial charge in [0.1, 0.15) is 0 Å². The van der Waals surface area contributed by atoms with E-state index in [0.29, 0.717) is 5.57 Å². The number of rotatable bonds is 5. The lowest BCUT2D eigenvalue weighted by atomic mass is 9.88. The van der Waals surface area contributed by atoms with E-state index in [2.05, 4.69) is 30.3 Å². The topological polar surface area (TPSA) is 40.5 Å². The van der Waals surface area contributed by atoms with E-state index in [1.54, 1.807) is 6.92 Å². The molecule has 0 fully saturated rings. The van der Waals surface area contributed by atoms with E-state index in [-0.39, 0.29) is 5.92 Å². The molecule has 0 aliphatic rings. The molecule has 1 unspecified atom stereocenters. The Labute approximate surface area is 137 Å². The molecular formula is C20H23NO2. The number of hydrogen-bond donors (Lipinski definition) is 1. The van der Waals surface area contributed by atoms with Gasteiger partial charge in [0.2, 0.25) is 0 Å². The van der Waals surface area contributed by atoms with Crippen LogP contribution in [0.5, 0.6) is 0 Å². The summed E-state index contributed by atoms with van der Waals surface area (Å²) in [5.41, 5.74) is 4.83. The van der Waals surface area contributed by atoms with Crippen LogP contribution in [0.2, 0.25) is 0 Å². The zero-order chi connectivity index (χ0) is 17.0. The molecule has 0 saturated heterocycles. The maximum atomic E-state index is 11.2. The SMILES string of the molecule is C/C(=C\C(c1ccc(N(C)C)cc1)c1cccc(C)c1)C(=O)O. The van der Waals surface area contributed by atoms with Crippen LogP contribution >= 0.6 is 0 Å². The van der Waals surface area contributed by atoms with Crippen molar-refractivity contribution in [3.8, 4) is 0 Å². The number of carboxylic acids is 1. The molecule has 3 nitrogen and oxygen atoms in total. The van der Waals surface area contributed by atoms with Crippen LogP contribution in [0.1, 0.15) is 29.5 Å². The van der Waals surface area contributed by atoms with Gasteiger partial charge >= 0.3 is 5.97 Å². The molecule has 2 rings (SSSR count). The number of aliphatic carboxylic acids is 1. The first kappa shape index (κ1) is 16.8. The second kappa shape index (κ2) is 7.14. The number of aryl methyl sites for hydroxylation is 1. The van der Waals surface area contributed by atoms with Gasteiger partial charge in [-0.3, -0.25) is 0 Å². The van der Waals surface area contributed by atoms with Gasteiger partial charge in [-0.25, -0.2) is 4.79 Å².